The molecule has 6 heteroatoms. The lowest BCUT2D eigenvalue weighted by molar-refractivity contribution is 0.613. The lowest BCUT2D eigenvalue weighted by Crippen LogP contribution is -2.23. The van der Waals surface area contributed by atoms with Crippen LogP contribution in [-0.2, 0) is 13.1 Å². The molecule has 0 atom stereocenters. The second kappa shape index (κ2) is 5.46. The van der Waals surface area contributed by atoms with E-state index in [1.807, 2.05) is 24.4 Å². The van der Waals surface area contributed by atoms with Gasteiger partial charge in [-0.1, -0.05) is 6.07 Å². The van der Waals surface area contributed by atoms with Crippen LogP contribution >= 0.6 is 27.3 Å². The number of halogens is 1. The van der Waals surface area contributed by atoms with Gasteiger partial charge in [0.2, 0.25) is 0 Å². The molecule has 90 valence electrons. The molecular formula is C11H12BrN3OS. The minimum absolute atomic E-state index is 0.108. The number of rotatable bonds is 4. The number of aromatic nitrogens is 2. The molecule has 2 heterocycles. The molecule has 2 aromatic rings. The highest BCUT2D eigenvalue weighted by molar-refractivity contribution is 9.10. The van der Waals surface area contributed by atoms with Gasteiger partial charge in [0.15, 0.2) is 0 Å². The van der Waals surface area contributed by atoms with E-state index in [2.05, 4.69) is 26.3 Å². The molecule has 17 heavy (non-hydrogen) atoms. The van der Waals surface area contributed by atoms with Crippen LogP contribution in [0.3, 0.4) is 0 Å². The van der Waals surface area contributed by atoms with Crippen LogP contribution in [0.15, 0.2) is 33.0 Å². The fourth-order valence-corrected chi connectivity index (χ4v) is 2.50. The van der Waals surface area contributed by atoms with Gasteiger partial charge in [0.25, 0.3) is 5.56 Å². The normalized spacial score (nSPS) is 10.5. The standard InChI is InChI=1S/C11H12BrN3OS/c1-2-15-11(16)10(12)9(7-14-15)13-6-8-4-3-5-17-8/h3-5,7,13H,2,6H2,1H3. The summed E-state index contributed by atoms with van der Waals surface area (Å²) in [4.78, 5) is 13.0. The van der Waals surface area contributed by atoms with Crippen molar-refractivity contribution in [1.82, 2.24) is 9.78 Å². The fourth-order valence-electron chi connectivity index (χ4n) is 1.41. The summed E-state index contributed by atoms with van der Waals surface area (Å²) in [7, 11) is 0. The van der Waals surface area contributed by atoms with Gasteiger partial charge in [-0.25, -0.2) is 4.68 Å². The molecule has 0 spiro atoms. The Hall–Kier alpha value is -1.14. The zero-order valence-electron chi connectivity index (χ0n) is 9.31. The maximum absolute atomic E-state index is 11.8. The van der Waals surface area contributed by atoms with Crippen LogP contribution in [0.2, 0.25) is 0 Å². The molecule has 0 aliphatic carbocycles. The highest BCUT2D eigenvalue weighted by Gasteiger charge is 2.07. The molecule has 0 aliphatic heterocycles. The molecule has 0 unspecified atom stereocenters. The van der Waals surface area contributed by atoms with E-state index < -0.39 is 0 Å². The molecule has 2 rings (SSSR count). The maximum atomic E-state index is 11.8. The van der Waals surface area contributed by atoms with Crippen LogP contribution in [0.4, 0.5) is 5.69 Å². The van der Waals surface area contributed by atoms with E-state index in [4.69, 9.17) is 0 Å². The van der Waals surface area contributed by atoms with Crippen LogP contribution in [0.5, 0.6) is 0 Å². The van der Waals surface area contributed by atoms with Crippen molar-refractivity contribution >= 4 is 33.0 Å². The summed E-state index contributed by atoms with van der Waals surface area (Å²) in [5, 5.41) is 9.29. The molecule has 0 bridgehead atoms. The number of nitrogens with one attached hydrogen (secondary N) is 1. The molecule has 0 fully saturated rings. The topological polar surface area (TPSA) is 46.9 Å². The zero-order valence-corrected chi connectivity index (χ0v) is 11.7. The van der Waals surface area contributed by atoms with Gasteiger partial charge in [-0.05, 0) is 34.3 Å². The van der Waals surface area contributed by atoms with E-state index in [0.717, 1.165) is 5.69 Å². The zero-order chi connectivity index (χ0) is 12.3. The fraction of sp³-hybridized carbons (Fsp3) is 0.273. The third kappa shape index (κ3) is 2.76. The number of hydrogen-bond acceptors (Lipinski definition) is 4. The van der Waals surface area contributed by atoms with Gasteiger partial charge in [0.1, 0.15) is 4.47 Å². The minimum atomic E-state index is -0.108. The average Bonchev–Trinajstić information content (AvgIpc) is 2.84. The SMILES string of the molecule is CCn1ncc(NCc2cccs2)c(Br)c1=O. The Labute approximate surface area is 111 Å². The smallest absolute Gasteiger partial charge is 0.283 e. The number of thiophene rings is 1. The van der Waals surface area contributed by atoms with Crippen molar-refractivity contribution in [2.24, 2.45) is 0 Å². The van der Waals surface area contributed by atoms with Gasteiger partial charge in [-0.15, -0.1) is 11.3 Å². The van der Waals surface area contributed by atoms with E-state index in [1.165, 1.54) is 9.56 Å². The Bertz CT molecular complexity index is 550. The first-order valence-corrected chi connectivity index (χ1v) is 6.91. The van der Waals surface area contributed by atoms with Crippen molar-refractivity contribution < 1.29 is 0 Å². The predicted molar refractivity (Wildman–Crippen MR) is 73.5 cm³/mol. The van der Waals surface area contributed by atoms with E-state index in [-0.39, 0.29) is 5.56 Å². The average molecular weight is 314 g/mol. The molecule has 0 aromatic carbocycles. The Morgan fingerprint density at radius 3 is 3.06 bits per heavy atom. The molecule has 0 saturated heterocycles. The Kier molecular flexibility index (Phi) is 3.96. The van der Waals surface area contributed by atoms with E-state index in [0.29, 0.717) is 17.6 Å². The summed E-state index contributed by atoms with van der Waals surface area (Å²) in [6.07, 6.45) is 1.67. The van der Waals surface area contributed by atoms with Crippen molar-refractivity contribution in [3.05, 3.63) is 43.4 Å². The highest BCUT2D eigenvalue weighted by Crippen LogP contribution is 2.18. The van der Waals surface area contributed by atoms with Crippen LogP contribution < -0.4 is 10.9 Å². The first-order chi connectivity index (χ1) is 8.22. The van der Waals surface area contributed by atoms with Gasteiger partial charge in [-0.2, -0.15) is 5.10 Å². The van der Waals surface area contributed by atoms with Crippen molar-refractivity contribution in [2.75, 3.05) is 5.32 Å². The van der Waals surface area contributed by atoms with E-state index in [1.54, 1.807) is 17.5 Å². The lowest BCUT2D eigenvalue weighted by atomic mass is 10.4. The molecular weight excluding hydrogens is 302 g/mol. The predicted octanol–water partition coefficient (Wildman–Crippen LogP) is 2.70. The third-order valence-corrected chi connectivity index (χ3v) is 3.96. The molecule has 2 aromatic heterocycles. The van der Waals surface area contributed by atoms with Gasteiger partial charge in [0.05, 0.1) is 11.9 Å². The molecule has 1 N–H and O–H groups in total. The summed E-state index contributed by atoms with van der Waals surface area (Å²) in [6, 6.07) is 4.05. The first-order valence-electron chi connectivity index (χ1n) is 5.24. The van der Waals surface area contributed by atoms with E-state index >= 15 is 0 Å². The maximum Gasteiger partial charge on any atom is 0.283 e. The van der Waals surface area contributed by atoms with Gasteiger partial charge < -0.3 is 5.32 Å². The Morgan fingerprint density at radius 2 is 2.41 bits per heavy atom. The van der Waals surface area contributed by atoms with Crippen LogP contribution in [0.1, 0.15) is 11.8 Å². The van der Waals surface area contributed by atoms with Crippen molar-refractivity contribution in [1.29, 1.82) is 0 Å². The number of hydrogen-bond donors (Lipinski definition) is 1. The Balaban J connectivity index is 2.17. The second-order valence-electron chi connectivity index (χ2n) is 3.43. The van der Waals surface area contributed by atoms with Gasteiger partial charge in [0, 0.05) is 18.0 Å². The molecule has 0 saturated carbocycles. The van der Waals surface area contributed by atoms with Gasteiger partial charge in [-0.3, -0.25) is 4.79 Å². The van der Waals surface area contributed by atoms with Crippen LogP contribution in [0, 0.1) is 0 Å². The Morgan fingerprint density at radius 1 is 1.59 bits per heavy atom. The van der Waals surface area contributed by atoms with Gasteiger partial charge >= 0.3 is 0 Å². The summed E-state index contributed by atoms with van der Waals surface area (Å²) < 4.78 is 1.95. The van der Waals surface area contributed by atoms with E-state index in [9.17, 15) is 4.79 Å². The largest absolute Gasteiger partial charge is 0.378 e. The third-order valence-electron chi connectivity index (χ3n) is 2.32. The molecule has 0 amide bonds. The lowest BCUT2D eigenvalue weighted by Gasteiger charge is -2.08. The number of nitrogens with zero attached hydrogens (tertiary/aromatic N) is 2. The molecule has 0 aliphatic rings. The number of aryl methyl sites for hydroxylation is 1. The first kappa shape index (κ1) is 12.3. The highest BCUT2D eigenvalue weighted by atomic mass is 79.9. The second-order valence-corrected chi connectivity index (χ2v) is 5.25. The van der Waals surface area contributed by atoms with Crippen molar-refractivity contribution in [3.8, 4) is 0 Å². The molecule has 4 nitrogen and oxygen atoms in total. The minimum Gasteiger partial charge on any atom is -0.378 e. The summed E-state index contributed by atoms with van der Waals surface area (Å²) >= 11 is 4.98. The summed E-state index contributed by atoms with van der Waals surface area (Å²) in [5.41, 5.74) is 0.622. The molecule has 0 radical (unpaired) electrons. The number of anilines is 1. The van der Waals surface area contributed by atoms with Crippen LogP contribution in [0.25, 0.3) is 0 Å². The van der Waals surface area contributed by atoms with Crippen molar-refractivity contribution in [3.63, 3.8) is 0 Å². The summed E-state index contributed by atoms with van der Waals surface area (Å²) in [5.74, 6) is 0. The quantitative estimate of drug-likeness (QED) is 0.944. The monoisotopic (exact) mass is 313 g/mol. The summed E-state index contributed by atoms with van der Waals surface area (Å²) in [6.45, 7) is 3.16. The van der Waals surface area contributed by atoms with Crippen LogP contribution in [-0.4, -0.2) is 9.78 Å². The van der Waals surface area contributed by atoms with Crippen molar-refractivity contribution in [2.45, 2.75) is 20.0 Å².